The molecule has 7 heteroatoms. The van der Waals surface area contributed by atoms with Gasteiger partial charge in [-0.2, -0.15) is 10.2 Å². The molecular formula is C25H18ClN5S. The Morgan fingerprint density at radius 3 is 2.34 bits per heavy atom. The third-order valence-corrected chi connectivity index (χ3v) is 5.82. The predicted octanol–water partition coefficient (Wildman–Crippen LogP) is 6.76. The Balaban J connectivity index is 1.42. The molecule has 0 atom stereocenters. The Hall–Kier alpha value is -3.74. The smallest absolute Gasteiger partial charge is 0.203 e. The van der Waals surface area contributed by atoms with Crippen molar-refractivity contribution in [3.05, 3.63) is 107 Å². The van der Waals surface area contributed by atoms with Crippen molar-refractivity contribution in [3.8, 4) is 28.2 Å². The van der Waals surface area contributed by atoms with Crippen LogP contribution >= 0.6 is 22.9 Å². The fourth-order valence-corrected chi connectivity index (χ4v) is 4.04. The lowest BCUT2D eigenvalue weighted by Crippen LogP contribution is -1.93. The van der Waals surface area contributed by atoms with E-state index in [4.69, 9.17) is 16.7 Å². The van der Waals surface area contributed by atoms with E-state index >= 15 is 0 Å². The zero-order valence-electron chi connectivity index (χ0n) is 16.9. The molecule has 2 aromatic heterocycles. The topological polar surface area (TPSA) is 55.1 Å². The van der Waals surface area contributed by atoms with Crippen molar-refractivity contribution in [2.45, 2.75) is 0 Å². The summed E-state index contributed by atoms with van der Waals surface area (Å²) >= 11 is 7.58. The summed E-state index contributed by atoms with van der Waals surface area (Å²) in [5.41, 5.74) is 8.68. The van der Waals surface area contributed by atoms with E-state index in [1.54, 1.807) is 6.21 Å². The molecule has 0 fully saturated rings. The molecule has 3 aromatic carbocycles. The maximum absolute atomic E-state index is 6.07. The number of para-hydroxylation sites is 1. The van der Waals surface area contributed by atoms with Crippen LogP contribution in [0.15, 0.2) is 102 Å². The van der Waals surface area contributed by atoms with Crippen molar-refractivity contribution in [1.29, 1.82) is 0 Å². The fourth-order valence-electron chi connectivity index (χ4n) is 3.25. The van der Waals surface area contributed by atoms with Gasteiger partial charge in [-0.15, -0.1) is 11.3 Å². The van der Waals surface area contributed by atoms with Gasteiger partial charge >= 0.3 is 0 Å². The number of nitrogens with zero attached hydrogens (tertiary/aromatic N) is 4. The first kappa shape index (κ1) is 20.2. The van der Waals surface area contributed by atoms with Crippen LogP contribution in [-0.4, -0.2) is 21.0 Å². The van der Waals surface area contributed by atoms with Crippen LogP contribution in [0.25, 0.3) is 28.2 Å². The summed E-state index contributed by atoms with van der Waals surface area (Å²) in [4.78, 5) is 4.61. The zero-order chi connectivity index (χ0) is 21.8. The van der Waals surface area contributed by atoms with E-state index in [-0.39, 0.29) is 0 Å². The van der Waals surface area contributed by atoms with Crippen LogP contribution in [0, 0.1) is 0 Å². The molecule has 156 valence electrons. The lowest BCUT2D eigenvalue weighted by molar-refractivity contribution is 0.884. The first-order chi connectivity index (χ1) is 15.8. The molecular weight excluding hydrogens is 438 g/mol. The Kier molecular flexibility index (Phi) is 5.79. The van der Waals surface area contributed by atoms with Crippen molar-refractivity contribution in [2.24, 2.45) is 5.10 Å². The summed E-state index contributed by atoms with van der Waals surface area (Å²) in [5, 5.41) is 12.6. The highest BCUT2D eigenvalue weighted by Gasteiger charge is 2.11. The molecule has 5 aromatic rings. The Bertz CT molecular complexity index is 1340. The average molecular weight is 456 g/mol. The largest absolute Gasteiger partial charge is 0.253 e. The van der Waals surface area contributed by atoms with Gasteiger partial charge in [0.15, 0.2) is 0 Å². The van der Waals surface area contributed by atoms with Gasteiger partial charge in [0.25, 0.3) is 0 Å². The quantitative estimate of drug-likeness (QED) is 0.227. The van der Waals surface area contributed by atoms with Crippen LogP contribution in [0.4, 0.5) is 5.13 Å². The molecule has 0 amide bonds. The minimum absolute atomic E-state index is 0.686. The summed E-state index contributed by atoms with van der Waals surface area (Å²) in [6.45, 7) is 0. The Labute approximate surface area is 194 Å². The summed E-state index contributed by atoms with van der Waals surface area (Å²) in [5.74, 6) is 0. The Morgan fingerprint density at radius 1 is 0.875 bits per heavy atom. The third-order valence-electron chi connectivity index (χ3n) is 4.82. The van der Waals surface area contributed by atoms with Gasteiger partial charge < -0.3 is 0 Å². The number of hydrogen-bond acceptors (Lipinski definition) is 5. The SMILES string of the molecule is Clc1ccc(-c2nn(-c3ccccc3)cc2C=NNc2nc(-c3ccccc3)cs2)cc1. The second-order valence-electron chi connectivity index (χ2n) is 6.99. The molecule has 0 unspecified atom stereocenters. The van der Waals surface area contributed by atoms with Crippen LogP contribution < -0.4 is 5.43 Å². The number of anilines is 1. The van der Waals surface area contributed by atoms with E-state index < -0.39 is 0 Å². The van der Waals surface area contributed by atoms with Gasteiger partial charge in [0.1, 0.15) is 5.69 Å². The van der Waals surface area contributed by atoms with Crippen LogP contribution in [0.1, 0.15) is 5.56 Å². The standard InChI is InChI=1S/C25H18ClN5S/c26-21-13-11-19(12-14-21)24-20(16-31(30-24)22-9-5-2-6-10-22)15-27-29-25-28-23(17-32-25)18-7-3-1-4-8-18/h1-17H,(H,28,29). The number of hydrazone groups is 1. The van der Waals surface area contributed by atoms with Crippen molar-refractivity contribution in [3.63, 3.8) is 0 Å². The molecule has 1 N–H and O–H groups in total. The van der Waals surface area contributed by atoms with Crippen molar-refractivity contribution in [1.82, 2.24) is 14.8 Å². The predicted molar refractivity (Wildman–Crippen MR) is 133 cm³/mol. The van der Waals surface area contributed by atoms with Crippen LogP contribution in [0.2, 0.25) is 5.02 Å². The van der Waals surface area contributed by atoms with E-state index in [1.807, 2.05) is 101 Å². The number of thiazole rings is 1. The lowest BCUT2D eigenvalue weighted by Gasteiger charge is -2.00. The highest BCUT2D eigenvalue weighted by molar-refractivity contribution is 7.14. The van der Waals surface area contributed by atoms with Gasteiger partial charge in [0.05, 0.1) is 17.6 Å². The molecule has 2 heterocycles. The fraction of sp³-hybridized carbons (Fsp3) is 0. The van der Waals surface area contributed by atoms with E-state index in [9.17, 15) is 0 Å². The number of nitrogens with one attached hydrogen (secondary N) is 1. The molecule has 32 heavy (non-hydrogen) atoms. The zero-order valence-corrected chi connectivity index (χ0v) is 18.5. The molecule has 0 saturated heterocycles. The molecule has 0 radical (unpaired) electrons. The number of aromatic nitrogens is 3. The van der Waals surface area contributed by atoms with Crippen molar-refractivity contribution >= 4 is 34.3 Å². The van der Waals surface area contributed by atoms with Crippen LogP contribution in [0.5, 0.6) is 0 Å². The van der Waals surface area contributed by atoms with E-state index in [0.717, 1.165) is 38.9 Å². The number of hydrogen-bond donors (Lipinski definition) is 1. The maximum Gasteiger partial charge on any atom is 0.203 e. The van der Waals surface area contributed by atoms with Gasteiger partial charge in [-0.1, -0.05) is 72.3 Å². The van der Waals surface area contributed by atoms with Crippen molar-refractivity contribution in [2.75, 3.05) is 5.43 Å². The summed E-state index contributed by atoms with van der Waals surface area (Å²) in [6, 6.07) is 27.7. The second kappa shape index (κ2) is 9.18. The van der Waals surface area contributed by atoms with Crippen LogP contribution in [0.3, 0.4) is 0 Å². The minimum atomic E-state index is 0.686. The molecule has 0 aliphatic heterocycles. The molecule has 0 bridgehead atoms. The minimum Gasteiger partial charge on any atom is -0.253 e. The molecule has 0 aliphatic rings. The van der Waals surface area contributed by atoms with E-state index in [2.05, 4.69) is 15.5 Å². The molecule has 5 rings (SSSR count). The van der Waals surface area contributed by atoms with E-state index in [0.29, 0.717) is 5.02 Å². The highest BCUT2D eigenvalue weighted by atomic mass is 35.5. The van der Waals surface area contributed by atoms with E-state index in [1.165, 1.54) is 11.3 Å². The summed E-state index contributed by atoms with van der Waals surface area (Å²) in [6.07, 6.45) is 3.72. The number of rotatable bonds is 6. The van der Waals surface area contributed by atoms with Crippen molar-refractivity contribution < 1.29 is 0 Å². The molecule has 0 saturated carbocycles. The summed E-state index contributed by atoms with van der Waals surface area (Å²) in [7, 11) is 0. The first-order valence-corrected chi connectivity index (χ1v) is 11.2. The lowest BCUT2D eigenvalue weighted by atomic mass is 10.1. The summed E-state index contributed by atoms with van der Waals surface area (Å²) < 4.78 is 1.85. The highest BCUT2D eigenvalue weighted by Crippen LogP contribution is 2.26. The molecule has 0 spiro atoms. The number of benzene rings is 3. The second-order valence-corrected chi connectivity index (χ2v) is 8.29. The Morgan fingerprint density at radius 2 is 1.59 bits per heavy atom. The van der Waals surface area contributed by atoms with Crippen LogP contribution in [-0.2, 0) is 0 Å². The normalized spacial score (nSPS) is 11.2. The molecule has 5 nitrogen and oxygen atoms in total. The van der Waals surface area contributed by atoms with Gasteiger partial charge in [-0.3, -0.25) is 5.43 Å². The monoisotopic (exact) mass is 455 g/mol. The van der Waals surface area contributed by atoms with Gasteiger partial charge in [-0.25, -0.2) is 9.67 Å². The van der Waals surface area contributed by atoms with Gasteiger partial charge in [-0.05, 0) is 24.3 Å². The maximum atomic E-state index is 6.07. The molecule has 0 aliphatic carbocycles. The number of halogens is 1. The van der Waals surface area contributed by atoms with Gasteiger partial charge in [0.2, 0.25) is 5.13 Å². The third kappa shape index (κ3) is 4.46. The average Bonchev–Trinajstić information content (AvgIpc) is 3.49. The van der Waals surface area contributed by atoms with Gasteiger partial charge in [0, 0.05) is 33.3 Å². The first-order valence-electron chi connectivity index (χ1n) is 9.97.